The molecule has 1 aliphatic rings. The lowest BCUT2D eigenvalue weighted by Gasteiger charge is -2.17. The molecule has 0 saturated carbocycles. The topological polar surface area (TPSA) is 149 Å². The lowest BCUT2D eigenvalue weighted by Crippen LogP contribution is -2.34. The van der Waals surface area contributed by atoms with E-state index in [4.69, 9.17) is 0 Å². The molecule has 0 fully saturated rings. The second-order valence-electron chi connectivity index (χ2n) is 4.31. The van der Waals surface area contributed by atoms with Gasteiger partial charge < -0.3 is 20.7 Å². The SMILES string of the molecule is O=[N+]([O-])C1=CNc2no[n+]([O-])c2C1c1ccc(O)cc1O. The van der Waals surface area contributed by atoms with E-state index >= 15 is 0 Å². The molecule has 0 amide bonds. The summed E-state index contributed by atoms with van der Waals surface area (Å²) in [4.78, 5) is 10.5. The molecule has 0 spiro atoms. The van der Waals surface area contributed by atoms with Crippen LogP contribution in [0.15, 0.2) is 34.7 Å². The summed E-state index contributed by atoms with van der Waals surface area (Å²) in [6, 6.07) is 3.56. The average molecular weight is 292 g/mol. The smallest absolute Gasteiger partial charge is 0.315 e. The zero-order valence-corrected chi connectivity index (χ0v) is 10.3. The monoisotopic (exact) mass is 292 g/mol. The van der Waals surface area contributed by atoms with Gasteiger partial charge in [-0.15, -0.1) is 0 Å². The van der Waals surface area contributed by atoms with Gasteiger partial charge in [0.2, 0.25) is 5.69 Å². The average Bonchev–Trinajstić information content (AvgIpc) is 2.80. The van der Waals surface area contributed by atoms with Crippen LogP contribution >= 0.6 is 0 Å². The number of allylic oxidation sites excluding steroid dienone is 1. The molecular formula is C11H8N4O6. The van der Waals surface area contributed by atoms with E-state index in [9.17, 15) is 25.5 Å². The van der Waals surface area contributed by atoms with Crippen LogP contribution in [0.5, 0.6) is 11.5 Å². The van der Waals surface area contributed by atoms with Crippen LogP contribution in [-0.2, 0) is 0 Å². The fourth-order valence-corrected chi connectivity index (χ4v) is 2.20. The minimum Gasteiger partial charge on any atom is -0.508 e. The molecule has 1 aromatic carbocycles. The Morgan fingerprint density at radius 2 is 2.19 bits per heavy atom. The van der Waals surface area contributed by atoms with E-state index < -0.39 is 10.8 Å². The van der Waals surface area contributed by atoms with Gasteiger partial charge >= 0.3 is 5.82 Å². The predicted molar refractivity (Wildman–Crippen MR) is 65.8 cm³/mol. The zero-order chi connectivity index (χ0) is 15.1. The number of phenols is 2. The van der Waals surface area contributed by atoms with Crippen molar-refractivity contribution in [2.75, 3.05) is 5.32 Å². The summed E-state index contributed by atoms with van der Waals surface area (Å²) in [6.45, 7) is 0. The van der Waals surface area contributed by atoms with Gasteiger partial charge in [0.15, 0.2) is 5.92 Å². The Balaban J connectivity index is 2.23. The molecule has 0 aliphatic carbocycles. The summed E-state index contributed by atoms with van der Waals surface area (Å²) in [6.07, 6.45) is 1.07. The van der Waals surface area contributed by atoms with E-state index in [2.05, 4.69) is 15.1 Å². The van der Waals surface area contributed by atoms with Crippen LogP contribution in [0.2, 0.25) is 0 Å². The number of aromatic hydroxyl groups is 2. The molecule has 1 aromatic heterocycles. The molecule has 108 valence electrons. The highest BCUT2D eigenvalue weighted by atomic mass is 16.8. The molecule has 2 heterocycles. The minimum absolute atomic E-state index is 0.0214. The predicted octanol–water partition coefficient (Wildman–Crippen LogP) is 0.395. The Morgan fingerprint density at radius 3 is 2.86 bits per heavy atom. The zero-order valence-electron chi connectivity index (χ0n) is 10.3. The van der Waals surface area contributed by atoms with Crippen molar-refractivity contribution < 1.29 is 24.7 Å². The van der Waals surface area contributed by atoms with E-state index in [0.29, 0.717) is 0 Å². The van der Waals surface area contributed by atoms with Gasteiger partial charge in [-0.1, -0.05) is 6.07 Å². The third kappa shape index (κ3) is 1.89. The Morgan fingerprint density at radius 1 is 1.43 bits per heavy atom. The van der Waals surface area contributed by atoms with E-state index in [-0.39, 0.29) is 39.2 Å². The van der Waals surface area contributed by atoms with Gasteiger partial charge in [-0.25, -0.2) is 0 Å². The highest BCUT2D eigenvalue weighted by molar-refractivity contribution is 5.55. The molecule has 0 bridgehead atoms. The molecule has 1 atom stereocenters. The molecule has 10 heteroatoms. The molecular weight excluding hydrogens is 284 g/mol. The van der Waals surface area contributed by atoms with Crippen LogP contribution in [0.4, 0.5) is 5.82 Å². The van der Waals surface area contributed by atoms with E-state index in [1.54, 1.807) is 0 Å². The number of hydrogen-bond donors (Lipinski definition) is 3. The number of rotatable bonds is 2. The lowest BCUT2D eigenvalue weighted by atomic mass is 9.90. The van der Waals surface area contributed by atoms with Crippen molar-refractivity contribution in [3.05, 3.63) is 56.7 Å². The van der Waals surface area contributed by atoms with Gasteiger partial charge in [-0.05, 0) is 11.0 Å². The third-order valence-electron chi connectivity index (χ3n) is 3.11. The first-order valence-electron chi connectivity index (χ1n) is 5.71. The van der Waals surface area contributed by atoms with Crippen LogP contribution < -0.4 is 10.2 Å². The van der Waals surface area contributed by atoms with Crippen molar-refractivity contribution in [3.63, 3.8) is 0 Å². The van der Waals surface area contributed by atoms with Gasteiger partial charge in [0.1, 0.15) is 11.5 Å². The molecule has 0 radical (unpaired) electrons. The van der Waals surface area contributed by atoms with Gasteiger partial charge in [0.25, 0.3) is 5.70 Å². The van der Waals surface area contributed by atoms with Crippen molar-refractivity contribution in [1.29, 1.82) is 0 Å². The van der Waals surface area contributed by atoms with Crippen LogP contribution in [-0.4, -0.2) is 20.3 Å². The number of fused-ring (bicyclic) bond motifs is 1. The summed E-state index contributed by atoms with van der Waals surface area (Å²) in [5, 5.41) is 48.0. The first kappa shape index (κ1) is 12.7. The Bertz CT molecular complexity index is 768. The maximum Gasteiger partial charge on any atom is 0.315 e. The van der Waals surface area contributed by atoms with Crippen molar-refractivity contribution >= 4 is 5.82 Å². The second kappa shape index (κ2) is 4.37. The fourth-order valence-electron chi connectivity index (χ4n) is 2.20. The molecule has 3 N–H and O–H groups in total. The summed E-state index contributed by atoms with van der Waals surface area (Å²) in [5.74, 6) is -1.76. The number of nitro groups is 1. The summed E-state index contributed by atoms with van der Waals surface area (Å²) < 4.78 is 4.42. The number of nitrogens with one attached hydrogen (secondary N) is 1. The minimum atomic E-state index is -1.18. The van der Waals surface area contributed by atoms with Crippen LogP contribution in [0.25, 0.3) is 0 Å². The first-order chi connectivity index (χ1) is 9.99. The second-order valence-corrected chi connectivity index (χ2v) is 4.31. The molecule has 0 saturated heterocycles. The van der Waals surface area contributed by atoms with Crippen molar-refractivity contribution in [1.82, 2.24) is 5.16 Å². The number of anilines is 1. The Labute approximate surface area is 116 Å². The summed E-state index contributed by atoms with van der Waals surface area (Å²) >= 11 is 0. The van der Waals surface area contributed by atoms with E-state index in [1.807, 2.05) is 0 Å². The summed E-state index contributed by atoms with van der Waals surface area (Å²) in [5.41, 5.74) is -0.437. The number of benzene rings is 1. The molecule has 10 nitrogen and oxygen atoms in total. The Hall–Kier alpha value is -3.30. The highest BCUT2D eigenvalue weighted by Gasteiger charge is 2.43. The van der Waals surface area contributed by atoms with Crippen LogP contribution in [0.3, 0.4) is 0 Å². The van der Waals surface area contributed by atoms with Crippen molar-refractivity contribution in [2.24, 2.45) is 0 Å². The third-order valence-corrected chi connectivity index (χ3v) is 3.11. The van der Waals surface area contributed by atoms with E-state index in [0.717, 1.165) is 12.3 Å². The quantitative estimate of drug-likeness (QED) is 0.409. The van der Waals surface area contributed by atoms with Crippen molar-refractivity contribution in [2.45, 2.75) is 5.92 Å². The number of aromatic nitrogens is 2. The maximum atomic E-state index is 11.7. The maximum absolute atomic E-state index is 11.7. The summed E-state index contributed by atoms with van der Waals surface area (Å²) in [7, 11) is 0. The first-order valence-corrected chi connectivity index (χ1v) is 5.71. The molecule has 2 aromatic rings. The normalized spacial score (nSPS) is 16.8. The van der Waals surface area contributed by atoms with Gasteiger partial charge in [0.05, 0.1) is 16.3 Å². The van der Waals surface area contributed by atoms with Gasteiger partial charge in [-0.3, -0.25) is 14.7 Å². The molecule has 1 aliphatic heterocycles. The van der Waals surface area contributed by atoms with Gasteiger partial charge in [-0.2, -0.15) is 0 Å². The van der Waals surface area contributed by atoms with E-state index in [1.165, 1.54) is 12.1 Å². The number of nitrogens with zero attached hydrogens (tertiary/aromatic N) is 3. The molecule has 21 heavy (non-hydrogen) atoms. The number of hydrogen-bond acceptors (Lipinski definition) is 8. The molecule has 3 rings (SSSR count). The lowest BCUT2D eigenvalue weighted by molar-refractivity contribution is -0.808. The number of phenolic OH excluding ortho intramolecular Hbond substituents is 2. The van der Waals surface area contributed by atoms with Gasteiger partial charge in [0, 0.05) is 11.6 Å². The van der Waals surface area contributed by atoms with Crippen LogP contribution in [0, 0.1) is 15.3 Å². The molecule has 1 unspecified atom stereocenters. The fraction of sp³-hybridized carbons (Fsp3) is 0.0909. The van der Waals surface area contributed by atoms with Crippen LogP contribution in [0.1, 0.15) is 17.2 Å². The van der Waals surface area contributed by atoms with Crippen molar-refractivity contribution in [3.8, 4) is 11.5 Å². The highest BCUT2D eigenvalue weighted by Crippen LogP contribution is 2.41. The standard InChI is InChI=1S/C11H8N4O6/c16-5-1-2-6(8(17)3-5)9-7(14(18)19)4-12-11-10(9)15(20)21-13-11/h1-4,9,16-17H,(H,12,13). The largest absolute Gasteiger partial charge is 0.508 e. The Kier molecular flexibility index (Phi) is 2.65.